The van der Waals surface area contributed by atoms with E-state index in [1.807, 2.05) is 4.68 Å². The molecule has 0 bridgehead atoms. The summed E-state index contributed by atoms with van der Waals surface area (Å²) in [6, 6.07) is 0. The largest absolute Gasteiger partial charge is 0.504 e. The molecular weight excluding hydrogens is 212 g/mol. The lowest BCUT2D eigenvalue weighted by atomic mass is 9.90. The van der Waals surface area contributed by atoms with E-state index in [1.165, 1.54) is 0 Å². The van der Waals surface area contributed by atoms with E-state index in [4.69, 9.17) is 0 Å². The van der Waals surface area contributed by atoms with Gasteiger partial charge in [-0.05, 0) is 26.7 Å². The number of rotatable bonds is 1. The molecule has 0 atom stereocenters. The van der Waals surface area contributed by atoms with Crippen LogP contribution >= 0.6 is 0 Å². The van der Waals surface area contributed by atoms with Gasteiger partial charge in [0, 0.05) is 5.41 Å². The lowest BCUT2D eigenvalue weighted by Gasteiger charge is -2.23. The van der Waals surface area contributed by atoms with Crippen LogP contribution in [-0.4, -0.2) is 14.9 Å². The fraction of sp³-hybridized carbons (Fsp3) is 0.786. The summed E-state index contributed by atoms with van der Waals surface area (Å²) in [5.41, 5.74) is 1.48. The molecule has 3 nitrogen and oxygen atoms in total. The fourth-order valence-corrected chi connectivity index (χ4v) is 1.96. The first-order valence-electron chi connectivity index (χ1n) is 6.29. The molecular formula is C14H26N2O. The maximum Gasteiger partial charge on any atom is 0.160 e. The highest BCUT2D eigenvalue weighted by atomic mass is 16.3. The summed E-state index contributed by atoms with van der Waals surface area (Å²) in [5.74, 6) is 0.625. The summed E-state index contributed by atoms with van der Waals surface area (Å²) >= 11 is 0. The number of hydrogen-bond donors (Lipinski definition) is 1. The molecule has 1 rings (SSSR count). The summed E-state index contributed by atoms with van der Waals surface area (Å²) in [7, 11) is 0. The van der Waals surface area contributed by atoms with Crippen molar-refractivity contribution >= 4 is 0 Å². The van der Waals surface area contributed by atoms with E-state index in [2.05, 4.69) is 60.5 Å². The average Bonchev–Trinajstić information content (AvgIpc) is 2.40. The summed E-state index contributed by atoms with van der Waals surface area (Å²) in [5, 5.41) is 15.0. The van der Waals surface area contributed by atoms with E-state index < -0.39 is 0 Å². The van der Waals surface area contributed by atoms with Gasteiger partial charge in [0.2, 0.25) is 0 Å². The number of nitrogens with zero attached hydrogens (tertiary/aromatic N) is 2. The van der Waals surface area contributed by atoms with Crippen molar-refractivity contribution in [1.82, 2.24) is 9.78 Å². The van der Waals surface area contributed by atoms with Crippen molar-refractivity contribution < 1.29 is 5.11 Å². The minimum Gasteiger partial charge on any atom is -0.504 e. The Balaban J connectivity index is 3.52. The molecule has 1 heterocycles. The maximum absolute atomic E-state index is 10.4. The van der Waals surface area contributed by atoms with Crippen molar-refractivity contribution in [2.45, 2.75) is 72.3 Å². The van der Waals surface area contributed by atoms with Crippen LogP contribution in [0.1, 0.15) is 72.7 Å². The van der Waals surface area contributed by atoms with Gasteiger partial charge >= 0.3 is 0 Å². The second kappa shape index (κ2) is 4.04. The van der Waals surface area contributed by atoms with Crippen LogP contribution in [0.5, 0.6) is 5.75 Å². The molecule has 0 spiro atoms. The Kier molecular flexibility index (Phi) is 3.34. The first kappa shape index (κ1) is 14.1. The van der Waals surface area contributed by atoms with Crippen LogP contribution in [0.2, 0.25) is 0 Å². The van der Waals surface area contributed by atoms with Crippen molar-refractivity contribution in [3.05, 3.63) is 11.4 Å². The van der Waals surface area contributed by atoms with Gasteiger partial charge in [-0.1, -0.05) is 34.6 Å². The van der Waals surface area contributed by atoms with E-state index >= 15 is 0 Å². The monoisotopic (exact) mass is 238 g/mol. The van der Waals surface area contributed by atoms with Gasteiger partial charge in [-0.25, -0.2) is 0 Å². The number of aromatic nitrogens is 2. The first-order valence-corrected chi connectivity index (χ1v) is 6.29. The third-order valence-corrected chi connectivity index (χ3v) is 2.79. The van der Waals surface area contributed by atoms with Crippen molar-refractivity contribution in [2.75, 3.05) is 0 Å². The molecule has 0 aliphatic heterocycles. The van der Waals surface area contributed by atoms with Gasteiger partial charge in [0.1, 0.15) is 5.69 Å². The highest BCUT2D eigenvalue weighted by molar-refractivity contribution is 5.38. The Morgan fingerprint density at radius 3 is 1.76 bits per heavy atom. The topological polar surface area (TPSA) is 38.1 Å². The molecule has 17 heavy (non-hydrogen) atoms. The van der Waals surface area contributed by atoms with E-state index in [1.54, 1.807) is 0 Å². The predicted molar refractivity (Wildman–Crippen MR) is 71.7 cm³/mol. The average molecular weight is 238 g/mol. The second-order valence-electron chi connectivity index (χ2n) is 7.07. The van der Waals surface area contributed by atoms with E-state index in [-0.39, 0.29) is 16.9 Å². The van der Waals surface area contributed by atoms with Crippen LogP contribution in [-0.2, 0) is 11.0 Å². The highest BCUT2D eigenvalue weighted by Gasteiger charge is 2.31. The Morgan fingerprint density at radius 2 is 1.53 bits per heavy atom. The lowest BCUT2D eigenvalue weighted by molar-refractivity contribution is 0.331. The molecule has 0 aromatic carbocycles. The van der Waals surface area contributed by atoms with Crippen molar-refractivity contribution in [3.8, 4) is 5.75 Å². The van der Waals surface area contributed by atoms with Gasteiger partial charge in [-0.15, -0.1) is 0 Å². The van der Waals surface area contributed by atoms with Crippen LogP contribution in [0.3, 0.4) is 0 Å². The first-order chi connectivity index (χ1) is 7.46. The number of aromatic hydroxyl groups is 1. The highest BCUT2D eigenvalue weighted by Crippen LogP contribution is 2.38. The summed E-state index contributed by atoms with van der Waals surface area (Å²) < 4.78 is 1.97. The summed E-state index contributed by atoms with van der Waals surface area (Å²) in [6.45, 7) is 16.7. The molecule has 0 amide bonds. The third-order valence-electron chi connectivity index (χ3n) is 2.79. The molecule has 0 fully saturated rings. The van der Waals surface area contributed by atoms with Gasteiger partial charge in [-0.3, -0.25) is 4.68 Å². The van der Waals surface area contributed by atoms with Crippen LogP contribution in [0.15, 0.2) is 0 Å². The van der Waals surface area contributed by atoms with E-state index in [9.17, 15) is 5.11 Å². The van der Waals surface area contributed by atoms with E-state index in [0.29, 0.717) is 5.75 Å². The minimum atomic E-state index is -0.135. The smallest absolute Gasteiger partial charge is 0.160 e. The minimum absolute atomic E-state index is 0.111. The van der Waals surface area contributed by atoms with Crippen LogP contribution in [0.4, 0.5) is 0 Å². The van der Waals surface area contributed by atoms with Crippen molar-refractivity contribution in [3.63, 3.8) is 0 Å². The van der Waals surface area contributed by atoms with Crippen molar-refractivity contribution in [1.29, 1.82) is 0 Å². The quantitative estimate of drug-likeness (QED) is 0.809. The SMILES string of the molecule is CC(C)c1c(O)c(C(C)(C)C)nn1C(C)(C)C. The second-order valence-corrected chi connectivity index (χ2v) is 7.07. The lowest BCUT2D eigenvalue weighted by Crippen LogP contribution is -2.26. The zero-order valence-electron chi connectivity index (χ0n) is 12.4. The molecule has 1 N–H and O–H groups in total. The third kappa shape index (κ3) is 2.64. The summed E-state index contributed by atoms with van der Waals surface area (Å²) in [6.07, 6.45) is 0. The zero-order chi connectivity index (χ0) is 13.6. The standard InChI is InChI=1S/C14H26N2O/c1-9(2)10-11(17)12(13(3,4)5)15-16(10)14(6,7)8/h9,17H,1-8H3. The Morgan fingerprint density at radius 1 is 1.06 bits per heavy atom. The van der Waals surface area contributed by atoms with Crippen LogP contribution < -0.4 is 0 Å². The fourth-order valence-electron chi connectivity index (χ4n) is 1.96. The van der Waals surface area contributed by atoms with E-state index in [0.717, 1.165) is 11.4 Å². The Bertz CT molecular complexity index is 403. The van der Waals surface area contributed by atoms with Gasteiger partial charge in [0.05, 0.1) is 11.2 Å². The van der Waals surface area contributed by atoms with Gasteiger partial charge in [0.15, 0.2) is 5.75 Å². The van der Waals surface area contributed by atoms with Crippen LogP contribution in [0, 0.1) is 0 Å². The molecule has 0 saturated carbocycles. The van der Waals surface area contributed by atoms with Gasteiger partial charge < -0.3 is 5.11 Å². The Hall–Kier alpha value is -0.990. The Labute approximate surface area is 105 Å². The molecule has 98 valence electrons. The summed E-state index contributed by atoms with van der Waals surface area (Å²) in [4.78, 5) is 0. The molecule has 0 unspecified atom stereocenters. The molecule has 3 heteroatoms. The molecule has 0 aliphatic rings. The van der Waals surface area contributed by atoms with Crippen molar-refractivity contribution in [2.24, 2.45) is 0 Å². The molecule has 0 aliphatic carbocycles. The normalized spacial score (nSPS) is 13.5. The molecule has 0 saturated heterocycles. The zero-order valence-corrected chi connectivity index (χ0v) is 12.4. The van der Waals surface area contributed by atoms with Crippen LogP contribution in [0.25, 0.3) is 0 Å². The van der Waals surface area contributed by atoms with Gasteiger partial charge in [0.25, 0.3) is 0 Å². The van der Waals surface area contributed by atoms with Gasteiger partial charge in [-0.2, -0.15) is 5.10 Å². The molecule has 0 radical (unpaired) electrons. The number of hydrogen-bond acceptors (Lipinski definition) is 2. The molecule has 1 aromatic rings. The maximum atomic E-state index is 10.4. The predicted octanol–water partition coefficient (Wildman–Crippen LogP) is 3.76. The molecule has 1 aromatic heterocycles.